The number of hydrogen-bond acceptors (Lipinski definition) is 4. The highest BCUT2D eigenvalue weighted by Gasteiger charge is 2.07. The zero-order valence-corrected chi connectivity index (χ0v) is 12.2. The van der Waals surface area contributed by atoms with Crippen LogP contribution in [0.25, 0.3) is 0 Å². The standard InChI is InChI=1S/C16H21N3O/c1-11(2)20-16-13(5-4-8-18-16)10-19-15-9-14(17)7-6-12(15)3/h4-9,11,19H,10,17H2,1-3H3. The van der Waals surface area contributed by atoms with E-state index in [-0.39, 0.29) is 6.10 Å². The predicted octanol–water partition coefficient (Wildman–Crippen LogP) is 3.37. The van der Waals surface area contributed by atoms with Gasteiger partial charge in [-0.2, -0.15) is 0 Å². The molecular formula is C16H21N3O. The molecule has 0 aliphatic rings. The number of pyridine rings is 1. The van der Waals surface area contributed by atoms with Gasteiger partial charge in [-0.15, -0.1) is 0 Å². The molecule has 0 saturated heterocycles. The van der Waals surface area contributed by atoms with Gasteiger partial charge < -0.3 is 15.8 Å². The third-order valence-electron chi connectivity index (χ3n) is 2.93. The first-order chi connectivity index (χ1) is 9.56. The number of hydrogen-bond donors (Lipinski definition) is 2. The molecule has 0 radical (unpaired) electrons. The van der Waals surface area contributed by atoms with E-state index in [1.807, 2.05) is 44.2 Å². The van der Waals surface area contributed by atoms with E-state index in [9.17, 15) is 0 Å². The Bertz CT molecular complexity index is 582. The summed E-state index contributed by atoms with van der Waals surface area (Å²) in [4.78, 5) is 4.28. The molecule has 2 aromatic rings. The minimum absolute atomic E-state index is 0.109. The van der Waals surface area contributed by atoms with Crippen molar-refractivity contribution in [1.29, 1.82) is 0 Å². The summed E-state index contributed by atoms with van der Waals surface area (Å²) in [5, 5.41) is 3.38. The van der Waals surface area contributed by atoms with Crippen LogP contribution in [0.2, 0.25) is 0 Å². The topological polar surface area (TPSA) is 60.2 Å². The number of aryl methyl sites for hydroxylation is 1. The van der Waals surface area contributed by atoms with E-state index in [2.05, 4.69) is 17.2 Å². The highest BCUT2D eigenvalue weighted by Crippen LogP contribution is 2.21. The van der Waals surface area contributed by atoms with Crippen LogP contribution in [0.5, 0.6) is 5.88 Å². The van der Waals surface area contributed by atoms with Gasteiger partial charge in [-0.05, 0) is 44.5 Å². The lowest BCUT2D eigenvalue weighted by Gasteiger charge is -2.15. The number of aromatic nitrogens is 1. The number of nitrogen functional groups attached to an aromatic ring is 1. The quantitative estimate of drug-likeness (QED) is 0.818. The van der Waals surface area contributed by atoms with Gasteiger partial charge in [0.05, 0.1) is 6.10 Å². The number of nitrogens with two attached hydrogens (primary N) is 1. The van der Waals surface area contributed by atoms with E-state index in [1.165, 1.54) is 0 Å². The fourth-order valence-corrected chi connectivity index (χ4v) is 1.91. The molecule has 0 spiro atoms. The third kappa shape index (κ3) is 3.63. The third-order valence-corrected chi connectivity index (χ3v) is 2.93. The van der Waals surface area contributed by atoms with E-state index in [0.717, 1.165) is 22.5 Å². The molecule has 0 unspecified atom stereocenters. The summed E-state index contributed by atoms with van der Waals surface area (Å²) in [6.07, 6.45) is 1.85. The van der Waals surface area contributed by atoms with Crippen LogP contribution in [0.15, 0.2) is 36.5 Å². The smallest absolute Gasteiger partial charge is 0.218 e. The molecule has 1 heterocycles. The van der Waals surface area contributed by atoms with Gasteiger partial charge in [-0.1, -0.05) is 12.1 Å². The molecule has 0 amide bonds. The second kappa shape index (κ2) is 6.28. The van der Waals surface area contributed by atoms with Crippen molar-refractivity contribution in [1.82, 2.24) is 4.98 Å². The van der Waals surface area contributed by atoms with E-state index in [0.29, 0.717) is 12.4 Å². The molecule has 4 nitrogen and oxygen atoms in total. The first-order valence-corrected chi connectivity index (χ1v) is 6.77. The van der Waals surface area contributed by atoms with Gasteiger partial charge in [-0.25, -0.2) is 4.98 Å². The van der Waals surface area contributed by atoms with Gasteiger partial charge in [0.1, 0.15) is 0 Å². The Hall–Kier alpha value is -2.23. The first-order valence-electron chi connectivity index (χ1n) is 6.77. The van der Waals surface area contributed by atoms with Crippen LogP contribution in [0.1, 0.15) is 25.0 Å². The number of nitrogens with zero attached hydrogens (tertiary/aromatic N) is 1. The van der Waals surface area contributed by atoms with Crippen molar-refractivity contribution < 1.29 is 4.74 Å². The summed E-state index contributed by atoms with van der Waals surface area (Å²) >= 11 is 0. The molecule has 0 bridgehead atoms. The van der Waals surface area contributed by atoms with E-state index < -0.39 is 0 Å². The Kier molecular flexibility index (Phi) is 4.45. The molecule has 2 rings (SSSR count). The van der Waals surface area contributed by atoms with Crippen molar-refractivity contribution in [2.45, 2.75) is 33.4 Å². The van der Waals surface area contributed by atoms with Crippen molar-refractivity contribution in [2.75, 3.05) is 11.1 Å². The zero-order chi connectivity index (χ0) is 14.5. The van der Waals surface area contributed by atoms with Gasteiger partial charge in [0.25, 0.3) is 0 Å². The maximum atomic E-state index is 5.82. The molecule has 0 fully saturated rings. The summed E-state index contributed by atoms with van der Waals surface area (Å²) in [5.41, 5.74) is 9.79. The van der Waals surface area contributed by atoms with Crippen LogP contribution < -0.4 is 15.8 Å². The minimum atomic E-state index is 0.109. The van der Waals surface area contributed by atoms with E-state index in [4.69, 9.17) is 10.5 Å². The van der Waals surface area contributed by atoms with Gasteiger partial charge in [-0.3, -0.25) is 0 Å². The van der Waals surface area contributed by atoms with Crippen LogP contribution >= 0.6 is 0 Å². The van der Waals surface area contributed by atoms with Gasteiger partial charge in [0, 0.05) is 29.7 Å². The van der Waals surface area contributed by atoms with Crippen molar-refractivity contribution in [3.63, 3.8) is 0 Å². The number of ether oxygens (including phenoxy) is 1. The highest BCUT2D eigenvalue weighted by molar-refractivity contribution is 5.59. The Morgan fingerprint density at radius 1 is 1.30 bits per heavy atom. The summed E-state index contributed by atoms with van der Waals surface area (Å²) in [6, 6.07) is 9.77. The fourth-order valence-electron chi connectivity index (χ4n) is 1.91. The first kappa shape index (κ1) is 14.2. The molecule has 0 atom stereocenters. The van der Waals surface area contributed by atoms with Crippen molar-refractivity contribution in [3.8, 4) is 5.88 Å². The molecule has 106 valence electrons. The van der Waals surface area contributed by atoms with Gasteiger partial charge >= 0.3 is 0 Å². The summed E-state index contributed by atoms with van der Waals surface area (Å²) in [7, 11) is 0. The SMILES string of the molecule is Cc1ccc(N)cc1NCc1cccnc1OC(C)C. The monoisotopic (exact) mass is 271 g/mol. The van der Waals surface area contributed by atoms with E-state index in [1.54, 1.807) is 6.20 Å². The normalized spacial score (nSPS) is 10.6. The van der Waals surface area contributed by atoms with Crippen LogP contribution in [0.3, 0.4) is 0 Å². The Labute approximate surface area is 120 Å². The summed E-state index contributed by atoms with van der Waals surface area (Å²) in [5.74, 6) is 0.677. The Morgan fingerprint density at radius 3 is 2.85 bits per heavy atom. The van der Waals surface area contributed by atoms with Gasteiger partial charge in [0.15, 0.2) is 0 Å². The lowest BCUT2D eigenvalue weighted by molar-refractivity contribution is 0.230. The predicted molar refractivity (Wildman–Crippen MR) is 82.9 cm³/mol. The number of nitrogens with one attached hydrogen (secondary N) is 1. The van der Waals surface area contributed by atoms with Crippen LogP contribution in [0, 0.1) is 6.92 Å². The lowest BCUT2D eigenvalue weighted by Crippen LogP contribution is -2.11. The summed E-state index contributed by atoms with van der Waals surface area (Å²) in [6.45, 7) is 6.69. The Balaban J connectivity index is 2.12. The van der Waals surface area contributed by atoms with Crippen LogP contribution in [-0.2, 0) is 6.54 Å². The lowest BCUT2D eigenvalue weighted by atomic mass is 10.1. The molecule has 20 heavy (non-hydrogen) atoms. The molecular weight excluding hydrogens is 250 g/mol. The molecule has 0 aliphatic heterocycles. The molecule has 3 N–H and O–H groups in total. The molecule has 1 aromatic heterocycles. The van der Waals surface area contributed by atoms with Crippen molar-refractivity contribution in [3.05, 3.63) is 47.7 Å². The molecule has 0 saturated carbocycles. The fraction of sp³-hybridized carbons (Fsp3) is 0.312. The maximum absolute atomic E-state index is 5.82. The maximum Gasteiger partial charge on any atom is 0.218 e. The number of rotatable bonds is 5. The van der Waals surface area contributed by atoms with Gasteiger partial charge in [0.2, 0.25) is 5.88 Å². The van der Waals surface area contributed by atoms with Crippen molar-refractivity contribution >= 4 is 11.4 Å². The van der Waals surface area contributed by atoms with Crippen LogP contribution in [-0.4, -0.2) is 11.1 Å². The molecule has 4 heteroatoms. The summed E-state index contributed by atoms with van der Waals surface area (Å²) < 4.78 is 5.71. The number of anilines is 2. The minimum Gasteiger partial charge on any atom is -0.475 e. The number of benzene rings is 1. The molecule has 1 aromatic carbocycles. The Morgan fingerprint density at radius 2 is 2.10 bits per heavy atom. The average Bonchev–Trinajstić information content (AvgIpc) is 2.41. The van der Waals surface area contributed by atoms with Crippen molar-refractivity contribution in [2.24, 2.45) is 0 Å². The second-order valence-electron chi connectivity index (χ2n) is 5.06. The largest absolute Gasteiger partial charge is 0.475 e. The van der Waals surface area contributed by atoms with Crippen LogP contribution in [0.4, 0.5) is 11.4 Å². The second-order valence-corrected chi connectivity index (χ2v) is 5.06. The zero-order valence-electron chi connectivity index (χ0n) is 12.2. The average molecular weight is 271 g/mol. The van der Waals surface area contributed by atoms with E-state index >= 15 is 0 Å². The highest BCUT2D eigenvalue weighted by atomic mass is 16.5. The molecule has 0 aliphatic carbocycles.